The van der Waals surface area contributed by atoms with Crippen LogP contribution in [-0.2, 0) is 4.74 Å². The predicted octanol–water partition coefficient (Wildman–Crippen LogP) is 6.38. The van der Waals surface area contributed by atoms with Gasteiger partial charge >= 0.3 is 6.09 Å². The van der Waals surface area contributed by atoms with Crippen LogP contribution in [0.4, 0.5) is 21.9 Å². The number of carbonyl (C=O) groups is 1. The molecule has 0 radical (unpaired) electrons. The summed E-state index contributed by atoms with van der Waals surface area (Å²) >= 11 is 11.8. The van der Waals surface area contributed by atoms with Crippen molar-refractivity contribution < 1.29 is 9.53 Å². The Morgan fingerprint density at radius 2 is 1.44 bits per heavy atom. The van der Waals surface area contributed by atoms with Gasteiger partial charge in [-0.3, -0.25) is 5.32 Å². The lowest BCUT2D eigenvalue weighted by atomic mass is 10.2. The molecule has 27 heavy (non-hydrogen) atoms. The summed E-state index contributed by atoms with van der Waals surface area (Å²) < 4.78 is 5.32. The van der Waals surface area contributed by atoms with Crippen LogP contribution in [-0.4, -0.2) is 19.2 Å². The van der Waals surface area contributed by atoms with Gasteiger partial charge in [0.25, 0.3) is 0 Å². The van der Waals surface area contributed by atoms with E-state index in [1.807, 2.05) is 60.7 Å². The maximum Gasteiger partial charge on any atom is 0.411 e. The van der Waals surface area contributed by atoms with E-state index in [0.29, 0.717) is 22.3 Å². The number of ether oxygens (including phenoxy) is 1. The summed E-state index contributed by atoms with van der Waals surface area (Å²) in [7, 11) is 0. The van der Waals surface area contributed by atoms with E-state index in [0.717, 1.165) is 11.4 Å². The summed E-state index contributed by atoms with van der Waals surface area (Å²) in [6.45, 7) is 0.736. The molecule has 3 rings (SSSR count). The van der Waals surface area contributed by atoms with Gasteiger partial charge in [-0.1, -0.05) is 59.6 Å². The van der Waals surface area contributed by atoms with Crippen LogP contribution in [0.25, 0.3) is 0 Å². The van der Waals surface area contributed by atoms with Gasteiger partial charge in [-0.15, -0.1) is 0 Å². The Bertz CT molecular complexity index is 850. The fraction of sp³-hybridized carbons (Fsp3) is 0.0952. The third-order valence-corrected chi connectivity index (χ3v) is 4.59. The van der Waals surface area contributed by atoms with E-state index in [-0.39, 0.29) is 6.61 Å². The third kappa shape index (κ3) is 5.39. The Labute approximate surface area is 168 Å². The highest BCUT2D eigenvalue weighted by Gasteiger charge is 2.11. The van der Waals surface area contributed by atoms with Gasteiger partial charge < -0.3 is 9.64 Å². The van der Waals surface area contributed by atoms with E-state index < -0.39 is 6.09 Å². The van der Waals surface area contributed by atoms with Gasteiger partial charge in [0.2, 0.25) is 0 Å². The summed E-state index contributed by atoms with van der Waals surface area (Å²) in [5, 5.41) is 3.44. The first-order valence-corrected chi connectivity index (χ1v) is 9.15. The van der Waals surface area contributed by atoms with Gasteiger partial charge in [0.1, 0.15) is 6.61 Å². The van der Waals surface area contributed by atoms with Crippen molar-refractivity contribution in [2.45, 2.75) is 0 Å². The smallest absolute Gasteiger partial charge is 0.411 e. The average molecular weight is 401 g/mol. The molecule has 3 aromatic carbocycles. The fourth-order valence-electron chi connectivity index (χ4n) is 2.58. The van der Waals surface area contributed by atoms with Crippen LogP contribution in [0, 0.1) is 0 Å². The van der Waals surface area contributed by atoms with Gasteiger partial charge in [-0.2, -0.15) is 0 Å². The van der Waals surface area contributed by atoms with Crippen molar-refractivity contribution in [1.82, 2.24) is 0 Å². The molecule has 0 aliphatic carbocycles. The van der Waals surface area contributed by atoms with Crippen LogP contribution in [0.1, 0.15) is 0 Å². The topological polar surface area (TPSA) is 41.6 Å². The van der Waals surface area contributed by atoms with E-state index in [9.17, 15) is 4.79 Å². The Balaban J connectivity index is 1.60. The maximum absolute atomic E-state index is 12.0. The van der Waals surface area contributed by atoms with Crippen LogP contribution in [0.2, 0.25) is 10.0 Å². The van der Waals surface area contributed by atoms with Gasteiger partial charge in [-0.05, 0) is 42.5 Å². The third-order valence-electron chi connectivity index (χ3n) is 3.85. The minimum Gasteiger partial charge on any atom is -0.447 e. The van der Waals surface area contributed by atoms with Gasteiger partial charge in [-0.25, -0.2) is 4.79 Å². The molecule has 0 aromatic heterocycles. The number of para-hydroxylation sites is 2. The highest BCUT2D eigenvalue weighted by molar-refractivity contribution is 6.42. The van der Waals surface area contributed by atoms with Crippen LogP contribution in [0.5, 0.6) is 0 Å². The molecule has 0 fully saturated rings. The number of halogens is 2. The molecule has 0 saturated carbocycles. The van der Waals surface area contributed by atoms with Crippen molar-refractivity contribution in [2.24, 2.45) is 0 Å². The van der Waals surface area contributed by atoms with E-state index in [2.05, 4.69) is 10.2 Å². The molecule has 1 N–H and O–H groups in total. The molecule has 3 aromatic rings. The van der Waals surface area contributed by atoms with Crippen LogP contribution < -0.4 is 10.2 Å². The Kier molecular flexibility index (Phi) is 6.58. The number of hydrogen-bond acceptors (Lipinski definition) is 3. The van der Waals surface area contributed by atoms with Crippen molar-refractivity contribution in [1.29, 1.82) is 0 Å². The minimum absolute atomic E-state index is 0.219. The van der Waals surface area contributed by atoms with Crippen molar-refractivity contribution in [3.05, 3.63) is 88.9 Å². The van der Waals surface area contributed by atoms with Crippen molar-refractivity contribution in [2.75, 3.05) is 23.4 Å². The first-order valence-electron chi connectivity index (χ1n) is 8.40. The fourth-order valence-corrected chi connectivity index (χ4v) is 2.88. The Hall–Kier alpha value is -2.69. The zero-order valence-corrected chi connectivity index (χ0v) is 16.0. The first-order chi connectivity index (χ1) is 13.1. The number of rotatable bonds is 6. The summed E-state index contributed by atoms with van der Waals surface area (Å²) in [6, 6.07) is 24.8. The lowest BCUT2D eigenvalue weighted by Gasteiger charge is -2.24. The van der Waals surface area contributed by atoms with Crippen molar-refractivity contribution in [3.8, 4) is 0 Å². The lowest BCUT2D eigenvalue weighted by molar-refractivity contribution is 0.165. The zero-order chi connectivity index (χ0) is 19.1. The Morgan fingerprint density at radius 1 is 0.852 bits per heavy atom. The maximum atomic E-state index is 12.0. The molecule has 0 aliphatic heterocycles. The lowest BCUT2D eigenvalue weighted by Crippen LogP contribution is -2.25. The second-order valence-electron chi connectivity index (χ2n) is 5.71. The molecule has 0 aliphatic rings. The molecule has 0 heterocycles. The molecular formula is C21H18Cl2N2O2. The van der Waals surface area contributed by atoms with Gasteiger partial charge in [0.05, 0.1) is 16.6 Å². The first kappa shape index (κ1) is 19.1. The molecule has 138 valence electrons. The van der Waals surface area contributed by atoms with Crippen LogP contribution in [0.15, 0.2) is 78.9 Å². The molecule has 0 spiro atoms. The van der Waals surface area contributed by atoms with Crippen LogP contribution >= 0.6 is 23.2 Å². The SMILES string of the molecule is O=C(Nc1ccc(Cl)c(Cl)c1)OCCN(c1ccccc1)c1ccccc1. The molecule has 0 atom stereocenters. The Morgan fingerprint density at radius 3 is 2.00 bits per heavy atom. The number of nitrogens with zero attached hydrogens (tertiary/aromatic N) is 1. The van der Waals surface area contributed by atoms with Gasteiger partial charge in [0, 0.05) is 17.1 Å². The van der Waals surface area contributed by atoms with Gasteiger partial charge in [0.15, 0.2) is 0 Å². The summed E-state index contributed by atoms with van der Waals surface area (Å²) in [4.78, 5) is 14.1. The number of hydrogen-bond donors (Lipinski definition) is 1. The largest absolute Gasteiger partial charge is 0.447 e. The number of benzene rings is 3. The summed E-state index contributed by atoms with van der Waals surface area (Å²) in [5.74, 6) is 0. The monoisotopic (exact) mass is 400 g/mol. The number of amides is 1. The van der Waals surface area contributed by atoms with Crippen molar-refractivity contribution >= 4 is 46.4 Å². The summed E-state index contributed by atoms with van der Waals surface area (Å²) in [6.07, 6.45) is -0.547. The van der Waals surface area contributed by atoms with Crippen molar-refractivity contribution in [3.63, 3.8) is 0 Å². The number of nitrogens with one attached hydrogen (secondary N) is 1. The molecular weight excluding hydrogens is 383 g/mol. The second-order valence-corrected chi connectivity index (χ2v) is 6.53. The highest BCUT2D eigenvalue weighted by atomic mass is 35.5. The minimum atomic E-state index is -0.547. The van der Waals surface area contributed by atoms with E-state index in [1.54, 1.807) is 18.2 Å². The van der Waals surface area contributed by atoms with E-state index in [1.165, 1.54) is 0 Å². The normalized spacial score (nSPS) is 10.3. The van der Waals surface area contributed by atoms with E-state index in [4.69, 9.17) is 27.9 Å². The van der Waals surface area contributed by atoms with Crippen LogP contribution in [0.3, 0.4) is 0 Å². The predicted molar refractivity (Wildman–Crippen MR) is 111 cm³/mol. The highest BCUT2D eigenvalue weighted by Crippen LogP contribution is 2.26. The number of carbonyl (C=O) groups excluding carboxylic acids is 1. The second kappa shape index (κ2) is 9.31. The quantitative estimate of drug-likeness (QED) is 0.521. The molecule has 1 amide bonds. The molecule has 0 unspecified atom stereocenters. The average Bonchev–Trinajstić information content (AvgIpc) is 2.69. The van der Waals surface area contributed by atoms with E-state index >= 15 is 0 Å². The molecule has 4 nitrogen and oxygen atoms in total. The molecule has 6 heteroatoms. The number of anilines is 3. The molecule has 0 bridgehead atoms. The standard InChI is InChI=1S/C21H18Cl2N2O2/c22-19-12-11-16(15-20(19)23)24-21(26)27-14-13-25(17-7-3-1-4-8-17)18-9-5-2-6-10-18/h1-12,15H,13-14H2,(H,24,26). The summed E-state index contributed by atoms with van der Waals surface area (Å²) in [5.41, 5.74) is 2.58. The molecule has 0 saturated heterocycles. The zero-order valence-electron chi connectivity index (χ0n) is 14.4.